The second-order valence-electron chi connectivity index (χ2n) is 9.15. The highest BCUT2D eigenvalue weighted by Crippen LogP contribution is 2.48. The minimum absolute atomic E-state index is 0.0506. The average Bonchev–Trinajstić information content (AvgIpc) is 3.75. The molecule has 0 radical (unpaired) electrons. The fourth-order valence-corrected chi connectivity index (χ4v) is 8.19. The first-order valence-electron chi connectivity index (χ1n) is 16.7. The molecule has 9 aromatic rings. The van der Waals surface area contributed by atoms with Crippen LogP contribution in [0.5, 0.6) is 0 Å². The van der Waals surface area contributed by atoms with E-state index in [2.05, 4.69) is 24.3 Å². The summed E-state index contributed by atoms with van der Waals surface area (Å²) in [6.45, 7) is 0. The highest BCUT2D eigenvalue weighted by molar-refractivity contribution is 7.45. The molecule has 0 saturated heterocycles. The Morgan fingerprint density at radius 3 is 2.33 bits per heavy atom. The zero-order valence-electron chi connectivity index (χ0n) is 28.9. The van der Waals surface area contributed by atoms with Crippen molar-refractivity contribution in [1.82, 2.24) is 14.5 Å². The van der Waals surface area contributed by atoms with Crippen LogP contribution in [-0.2, 0) is 0 Å². The minimum atomic E-state index is -0.579. The second-order valence-corrected chi connectivity index (χ2v) is 11.5. The van der Waals surface area contributed by atoms with Gasteiger partial charge >= 0.3 is 0 Å². The van der Waals surface area contributed by atoms with Crippen LogP contribution in [0.2, 0.25) is 0 Å². The van der Waals surface area contributed by atoms with Crippen molar-refractivity contribution in [2.75, 3.05) is 0 Å². The summed E-state index contributed by atoms with van der Waals surface area (Å²) in [5, 5.41) is 5.09. The fraction of sp³-hybridized carbons (Fsp3) is 0. The van der Waals surface area contributed by atoms with Crippen molar-refractivity contribution in [3.05, 3.63) is 115 Å². The molecule has 3 nitrogen and oxygen atoms in total. The summed E-state index contributed by atoms with van der Waals surface area (Å²) >= 11 is 3.38. The van der Waals surface area contributed by atoms with Crippen molar-refractivity contribution in [3.63, 3.8) is 0 Å². The molecule has 0 aliphatic carbocycles. The van der Waals surface area contributed by atoms with E-state index in [0.29, 0.717) is 0 Å². The smallest absolute Gasteiger partial charge is 0.235 e. The lowest BCUT2D eigenvalue weighted by atomic mass is 10.1. The Morgan fingerprint density at radius 2 is 1.41 bits per heavy atom. The molecule has 0 unspecified atom stereocenters. The molecule has 0 amide bonds. The third-order valence-corrected chi connectivity index (χ3v) is 9.55. The van der Waals surface area contributed by atoms with E-state index in [4.69, 9.17) is 22.3 Å². The molecule has 0 spiro atoms. The van der Waals surface area contributed by atoms with E-state index < -0.39 is 54.4 Å². The van der Waals surface area contributed by atoms with Gasteiger partial charge in [0.15, 0.2) is 0 Å². The Hall–Kier alpha value is -4.58. The number of fused-ring (bicyclic) bond motifs is 10. The molecule has 0 atom stereocenters. The van der Waals surface area contributed by atoms with Gasteiger partial charge in [0.1, 0.15) is 0 Å². The first kappa shape index (κ1) is 14.5. The third-order valence-electron chi connectivity index (χ3n) is 7.08. The van der Waals surface area contributed by atoms with Gasteiger partial charge in [-0.05, 0) is 18.2 Å². The van der Waals surface area contributed by atoms with Crippen molar-refractivity contribution in [2.45, 2.75) is 0 Å². The Balaban J connectivity index is 1.50. The van der Waals surface area contributed by atoms with Crippen molar-refractivity contribution < 1.29 is 12.3 Å². The Morgan fingerprint density at radius 1 is 0.641 bits per heavy atom. The van der Waals surface area contributed by atoms with Crippen molar-refractivity contribution in [3.8, 4) is 17.2 Å². The van der Waals surface area contributed by atoms with Crippen molar-refractivity contribution in [1.29, 1.82) is 0 Å². The van der Waals surface area contributed by atoms with E-state index in [0.717, 1.165) is 46.7 Å². The minimum Gasteiger partial charge on any atom is -0.276 e. The number of nitrogens with zero attached hydrogens (tertiary/aromatic N) is 3. The maximum atomic E-state index is 8.83. The summed E-state index contributed by atoms with van der Waals surface area (Å²) in [5.41, 5.74) is 0.986. The van der Waals surface area contributed by atoms with E-state index >= 15 is 0 Å². The molecule has 4 heterocycles. The highest BCUT2D eigenvalue weighted by atomic mass is 32.2. The second kappa shape index (κ2) is 7.96. The van der Waals surface area contributed by atoms with Crippen molar-refractivity contribution >= 4 is 85.0 Å². The Bertz CT molecular complexity index is 2880. The number of aromatic nitrogens is 3. The summed E-state index contributed by atoms with van der Waals surface area (Å²) < 4.78 is 82.0. The van der Waals surface area contributed by atoms with Crippen LogP contribution in [0.4, 0.5) is 0 Å². The Labute approximate surface area is 243 Å². The van der Waals surface area contributed by atoms with Gasteiger partial charge in [-0.25, -0.2) is 9.97 Å². The molecule has 0 aliphatic rings. The summed E-state index contributed by atoms with van der Waals surface area (Å²) in [4.78, 5) is 9.64. The van der Waals surface area contributed by atoms with E-state index in [9.17, 15) is 0 Å². The topological polar surface area (TPSA) is 30.7 Å². The quantitative estimate of drug-likeness (QED) is 0.218. The van der Waals surface area contributed by atoms with Crippen LogP contribution in [0.15, 0.2) is 115 Å². The molecule has 0 N–H and O–H groups in total. The molecule has 5 aromatic carbocycles. The normalized spacial score (nSPS) is 15.3. The zero-order valence-corrected chi connectivity index (χ0v) is 21.6. The number of hydrogen-bond acceptors (Lipinski definition) is 4. The van der Waals surface area contributed by atoms with Crippen LogP contribution in [0.1, 0.15) is 12.3 Å². The van der Waals surface area contributed by atoms with E-state index in [1.165, 1.54) is 4.70 Å². The summed E-state index contributed by atoms with van der Waals surface area (Å²) in [7, 11) is 0. The molecule has 0 aliphatic heterocycles. The average molecular weight is 543 g/mol. The molecule has 182 valence electrons. The highest BCUT2D eigenvalue weighted by Gasteiger charge is 2.21. The lowest BCUT2D eigenvalue weighted by Gasteiger charge is -2.12. The van der Waals surface area contributed by atoms with Crippen LogP contribution in [0.25, 0.3) is 79.5 Å². The number of benzene rings is 5. The van der Waals surface area contributed by atoms with Gasteiger partial charge in [-0.2, -0.15) is 0 Å². The number of para-hydroxylation sites is 2. The van der Waals surface area contributed by atoms with Crippen LogP contribution in [0.3, 0.4) is 0 Å². The van der Waals surface area contributed by atoms with Crippen LogP contribution >= 0.6 is 22.7 Å². The molecule has 0 fully saturated rings. The van der Waals surface area contributed by atoms with E-state index in [1.54, 1.807) is 22.7 Å². The predicted molar refractivity (Wildman–Crippen MR) is 168 cm³/mol. The molecule has 0 bridgehead atoms. The first-order valence-corrected chi connectivity index (χ1v) is 13.8. The SMILES string of the molecule is [2H]c1c([2H])c([2H])c(-c2nc(-n3c4ccccc4c4ccc5c(sc6sc7ccccc7c65)c43)nc3c([2H])c([2H])c([2H])c([2H])c23)c([2H])c1[2H]. The lowest BCUT2D eigenvalue weighted by Crippen LogP contribution is -2.03. The number of rotatable bonds is 2. The molecular formula is C34H19N3S2. The Kier molecular flexibility index (Phi) is 2.97. The number of hydrogen-bond donors (Lipinski definition) is 0. The number of thiophene rings is 2. The van der Waals surface area contributed by atoms with Gasteiger partial charge in [-0.1, -0.05) is 96.9 Å². The van der Waals surface area contributed by atoms with Crippen molar-refractivity contribution in [2.24, 2.45) is 0 Å². The fourth-order valence-electron chi connectivity index (χ4n) is 5.47. The van der Waals surface area contributed by atoms with Crippen LogP contribution in [-0.4, -0.2) is 14.5 Å². The zero-order chi connectivity index (χ0) is 33.3. The van der Waals surface area contributed by atoms with E-state index in [1.807, 2.05) is 41.0 Å². The van der Waals surface area contributed by atoms with Gasteiger partial charge in [-0.3, -0.25) is 4.57 Å². The van der Waals surface area contributed by atoms with Crippen LogP contribution < -0.4 is 0 Å². The lowest BCUT2D eigenvalue weighted by molar-refractivity contribution is 1.02. The maximum absolute atomic E-state index is 8.83. The monoisotopic (exact) mass is 542 g/mol. The van der Waals surface area contributed by atoms with Gasteiger partial charge in [0, 0.05) is 42.6 Å². The maximum Gasteiger partial charge on any atom is 0.235 e. The van der Waals surface area contributed by atoms with E-state index in [-0.39, 0.29) is 28.1 Å². The summed E-state index contributed by atoms with van der Waals surface area (Å²) in [5.74, 6) is 0.0506. The molecule has 5 heteroatoms. The first-order chi connectivity index (χ1) is 23.1. The molecule has 39 heavy (non-hydrogen) atoms. The summed E-state index contributed by atoms with van der Waals surface area (Å²) in [6.07, 6.45) is 0. The van der Waals surface area contributed by atoms with Gasteiger partial charge in [-0.15, -0.1) is 22.7 Å². The van der Waals surface area contributed by atoms with Gasteiger partial charge in [0.05, 0.1) is 43.3 Å². The summed E-state index contributed by atoms with van der Waals surface area (Å²) in [6, 6.07) is 15.5. The molecule has 4 aromatic heterocycles. The standard InChI is InChI=1S/C34H19N3S2/c1-2-10-20(11-3-1)30-23-13-4-7-15-26(23)35-34(36-30)37-27-16-8-5-12-21(27)22-18-19-25-29-24-14-6-9-17-28(24)38-33(29)39-32(25)31(22)37/h1-19H/i1D,2D,3D,4D,7D,10D,11D,13D,15D. The molecule has 9 rings (SSSR count). The largest absolute Gasteiger partial charge is 0.276 e. The molecule has 0 saturated carbocycles. The predicted octanol–water partition coefficient (Wildman–Crippen LogP) is 9.98. The van der Waals surface area contributed by atoms with Gasteiger partial charge in [0.25, 0.3) is 0 Å². The molecular weight excluding hydrogens is 515 g/mol. The third kappa shape index (κ3) is 2.97. The van der Waals surface area contributed by atoms with Gasteiger partial charge in [0.2, 0.25) is 5.95 Å². The van der Waals surface area contributed by atoms with Gasteiger partial charge < -0.3 is 0 Å². The van der Waals surface area contributed by atoms with Crippen LogP contribution in [0, 0.1) is 0 Å².